The number of aromatic carboxylic acids is 1. The Hall–Kier alpha value is -1.65. The summed E-state index contributed by atoms with van der Waals surface area (Å²) in [5.74, 6) is -2.53. The Kier molecular flexibility index (Phi) is 13.3. The van der Waals surface area contributed by atoms with Crippen LogP contribution in [0.15, 0.2) is 48.5 Å². The molecule has 3 rings (SSSR count). The van der Waals surface area contributed by atoms with Crippen LogP contribution in [-0.2, 0) is 24.2 Å². The summed E-state index contributed by atoms with van der Waals surface area (Å²) in [6, 6.07) is 12.7. The maximum Gasteiger partial charge on any atom is 1.00 e. The van der Waals surface area contributed by atoms with Crippen molar-refractivity contribution in [2.24, 2.45) is 0 Å². The Labute approximate surface area is 252 Å². The Balaban J connectivity index is 0.00000306. The molecule has 172 valence electrons. The second kappa shape index (κ2) is 14.8. The van der Waals surface area contributed by atoms with Gasteiger partial charge in [-0.15, -0.1) is 0 Å². The number of halogens is 1. The van der Waals surface area contributed by atoms with Gasteiger partial charge in [0.25, 0.3) is 5.91 Å². The number of aryl methyl sites for hydroxylation is 1. The number of aromatic nitrogens is 2. The summed E-state index contributed by atoms with van der Waals surface area (Å²) in [4.78, 5) is 39.3. The van der Waals surface area contributed by atoms with Crippen molar-refractivity contribution in [3.8, 4) is 0 Å². The number of carboxylic acid groups (broad SMARTS) is 2. The maximum atomic E-state index is 12.5. The summed E-state index contributed by atoms with van der Waals surface area (Å²) < 4.78 is 1.79. The molecule has 1 aromatic heterocycles. The maximum absolute atomic E-state index is 12.5. The average Bonchev–Trinajstić information content (AvgIpc) is 3.07. The van der Waals surface area contributed by atoms with Gasteiger partial charge in [0.2, 0.25) is 0 Å². The molecule has 2 aromatic carbocycles. The van der Waals surface area contributed by atoms with E-state index in [1.54, 1.807) is 34.9 Å². The summed E-state index contributed by atoms with van der Waals surface area (Å²) in [6.45, 7) is 2.40. The number of nitrogens with zero attached hydrogens (tertiary/aromatic N) is 2. The van der Waals surface area contributed by atoms with Crippen molar-refractivity contribution in [3.05, 3.63) is 81.9 Å². The normalized spacial score (nSPS) is 10.1. The van der Waals surface area contributed by atoms with Gasteiger partial charge in [-0.2, -0.15) is 0 Å². The summed E-state index contributed by atoms with van der Waals surface area (Å²) in [5.41, 5.74) is 1.51. The zero-order chi connectivity index (χ0) is 24.0. The molecule has 0 aliphatic rings. The molecule has 0 atom stereocenters. The van der Waals surface area contributed by atoms with Gasteiger partial charge in [0, 0.05) is 42.2 Å². The van der Waals surface area contributed by atoms with Crippen molar-refractivity contribution in [1.82, 2.24) is 9.55 Å². The number of hydrogen-bond acceptors (Lipinski definition) is 6. The number of nitrogens with one attached hydrogen (secondary N) is 1. The fourth-order valence-electron chi connectivity index (χ4n) is 3.46. The molecular formula is C24H22ClN3Na2O5. The number of aliphatic carboxylic acids is 1. The van der Waals surface area contributed by atoms with Gasteiger partial charge in [0.1, 0.15) is 5.82 Å². The largest absolute Gasteiger partial charge is 1.00 e. The molecule has 0 radical (unpaired) electrons. The van der Waals surface area contributed by atoms with Crippen molar-refractivity contribution in [1.29, 1.82) is 0 Å². The zero-order valence-electron chi connectivity index (χ0n) is 20.0. The van der Waals surface area contributed by atoms with Crippen molar-refractivity contribution < 1.29 is 83.7 Å². The topological polar surface area (TPSA) is 127 Å². The number of benzene rings is 2. The molecule has 1 amide bonds. The fraction of sp³-hybridized carbons (Fsp3) is 0.250. The van der Waals surface area contributed by atoms with Crippen LogP contribution < -0.4 is 74.6 Å². The number of unbranched alkanes of at least 4 members (excludes halogenated alkanes) is 1. The molecule has 1 heterocycles. The van der Waals surface area contributed by atoms with Crippen LogP contribution in [0.2, 0.25) is 5.15 Å². The molecule has 0 spiro atoms. The van der Waals surface area contributed by atoms with Gasteiger partial charge >= 0.3 is 59.1 Å². The van der Waals surface area contributed by atoms with Gasteiger partial charge in [-0.1, -0.05) is 55.3 Å². The second-order valence-corrected chi connectivity index (χ2v) is 7.85. The minimum absolute atomic E-state index is 0. The Morgan fingerprint density at radius 1 is 1.00 bits per heavy atom. The number of imidazole rings is 1. The molecule has 11 heteroatoms. The molecule has 0 unspecified atom stereocenters. The first-order chi connectivity index (χ1) is 15.8. The number of carbonyl (C=O) groups excluding carboxylic acids is 3. The van der Waals surface area contributed by atoms with Crippen molar-refractivity contribution in [2.45, 2.75) is 39.2 Å². The number of rotatable bonds is 10. The molecular weight excluding hydrogens is 492 g/mol. The minimum Gasteiger partial charge on any atom is -0.550 e. The number of carboxylic acids is 2. The molecule has 0 aliphatic carbocycles. The molecule has 0 aliphatic heterocycles. The van der Waals surface area contributed by atoms with Gasteiger partial charge in [0.05, 0.1) is 11.7 Å². The van der Waals surface area contributed by atoms with E-state index in [9.17, 15) is 24.6 Å². The molecule has 1 N–H and O–H groups in total. The molecule has 0 saturated heterocycles. The van der Waals surface area contributed by atoms with Gasteiger partial charge in [0.15, 0.2) is 5.15 Å². The standard InChI is InChI=1S/C24H24ClN3O5.2Na/c1-2-3-8-20-27-22(25)19(13-21(29)30)28(20)14-15-9-11-16(12-10-15)26-23(31)17-6-4-5-7-18(17)24(32)33;;/h4-7,9-12H,2-3,8,13-14H2,1H3,(H,26,31)(H,29,30)(H,32,33);;/q;2*+1/p-2. The van der Waals surface area contributed by atoms with E-state index in [2.05, 4.69) is 17.2 Å². The molecule has 0 saturated carbocycles. The fourth-order valence-corrected chi connectivity index (χ4v) is 3.72. The monoisotopic (exact) mass is 513 g/mol. The summed E-state index contributed by atoms with van der Waals surface area (Å²) in [6.07, 6.45) is 2.16. The van der Waals surface area contributed by atoms with E-state index in [1.165, 1.54) is 18.2 Å². The van der Waals surface area contributed by atoms with Crippen LogP contribution in [-0.4, -0.2) is 27.4 Å². The predicted octanol–water partition coefficient (Wildman–Crippen LogP) is -4.16. The number of amides is 1. The third-order valence-corrected chi connectivity index (χ3v) is 5.42. The Bertz CT molecular complexity index is 1180. The van der Waals surface area contributed by atoms with Crippen molar-refractivity contribution >= 4 is 35.1 Å². The third-order valence-electron chi connectivity index (χ3n) is 5.11. The quantitative estimate of drug-likeness (QED) is 0.274. The van der Waals surface area contributed by atoms with E-state index >= 15 is 0 Å². The minimum atomic E-state index is -1.43. The molecule has 3 aromatic rings. The molecule has 0 fully saturated rings. The van der Waals surface area contributed by atoms with E-state index in [-0.39, 0.29) is 81.8 Å². The first-order valence-electron chi connectivity index (χ1n) is 10.4. The van der Waals surface area contributed by atoms with Crippen LogP contribution in [0.5, 0.6) is 0 Å². The molecule has 0 bridgehead atoms. The van der Waals surface area contributed by atoms with Gasteiger partial charge in [-0.05, 0) is 30.2 Å². The van der Waals surface area contributed by atoms with Crippen LogP contribution in [0.4, 0.5) is 5.69 Å². The van der Waals surface area contributed by atoms with Crippen LogP contribution in [0.3, 0.4) is 0 Å². The smallest absolute Gasteiger partial charge is 0.550 e. The summed E-state index contributed by atoms with van der Waals surface area (Å²) >= 11 is 6.20. The van der Waals surface area contributed by atoms with E-state index in [0.717, 1.165) is 18.4 Å². The third kappa shape index (κ3) is 8.46. The van der Waals surface area contributed by atoms with Gasteiger partial charge in [-0.25, -0.2) is 4.98 Å². The predicted molar refractivity (Wildman–Crippen MR) is 119 cm³/mol. The van der Waals surface area contributed by atoms with E-state index in [4.69, 9.17) is 11.6 Å². The Morgan fingerprint density at radius 2 is 1.63 bits per heavy atom. The van der Waals surface area contributed by atoms with E-state index in [0.29, 0.717) is 30.2 Å². The zero-order valence-corrected chi connectivity index (χ0v) is 24.7. The average molecular weight is 514 g/mol. The van der Waals surface area contributed by atoms with Crippen LogP contribution in [0, 0.1) is 0 Å². The first kappa shape index (κ1) is 31.4. The first-order valence-corrected chi connectivity index (χ1v) is 10.8. The van der Waals surface area contributed by atoms with Gasteiger partial charge < -0.3 is 29.7 Å². The van der Waals surface area contributed by atoms with E-state index < -0.39 is 17.8 Å². The SMILES string of the molecule is CCCCc1nc(Cl)c(CC(=O)[O-])n1Cc1ccc(NC(=O)c2ccccc2C(=O)[O-])cc1.[Na+].[Na+]. The molecule has 8 nitrogen and oxygen atoms in total. The number of anilines is 1. The van der Waals surface area contributed by atoms with Crippen molar-refractivity contribution in [3.63, 3.8) is 0 Å². The number of carbonyl (C=O) groups is 3. The summed E-state index contributed by atoms with van der Waals surface area (Å²) in [5, 5.41) is 25.2. The second-order valence-electron chi connectivity index (χ2n) is 7.49. The van der Waals surface area contributed by atoms with Crippen molar-refractivity contribution in [2.75, 3.05) is 5.32 Å². The Morgan fingerprint density at radius 3 is 2.20 bits per heavy atom. The van der Waals surface area contributed by atoms with Gasteiger partial charge in [-0.3, -0.25) is 4.79 Å². The molecule has 35 heavy (non-hydrogen) atoms. The van der Waals surface area contributed by atoms with Crippen LogP contribution in [0.25, 0.3) is 0 Å². The summed E-state index contributed by atoms with van der Waals surface area (Å²) in [7, 11) is 0. The van der Waals surface area contributed by atoms with E-state index in [1.807, 2.05) is 0 Å². The number of hydrogen-bond donors (Lipinski definition) is 1. The van der Waals surface area contributed by atoms with Crippen LogP contribution in [0.1, 0.15) is 57.6 Å². The van der Waals surface area contributed by atoms with Crippen LogP contribution >= 0.6 is 11.6 Å².